The molecule has 0 fully saturated rings. The Hall–Kier alpha value is -1.13. The van der Waals surface area contributed by atoms with Crippen molar-refractivity contribution >= 4 is 17.9 Å². The van der Waals surface area contributed by atoms with Crippen molar-refractivity contribution in [3.05, 3.63) is 60.7 Å². The lowest BCUT2D eigenvalue weighted by atomic mass is 10.4. The standard InChI is InChI=1S/C18H24P/c1-15(2)19(16(3)4,17-11-7-5-8-12-17)18-13-9-6-10-14-18/h5-16H,1-4H3/q+1. The summed E-state index contributed by atoms with van der Waals surface area (Å²) in [6, 6.07) is 22.2. The summed E-state index contributed by atoms with van der Waals surface area (Å²) in [5, 5.41) is 3.07. The molecular weight excluding hydrogens is 247 g/mol. The van der Waals surface area contributed by atoms with E-state index >= 15 is 0 Å². The van der Waals surface area contributed by atoms with E-state index in [-0.39, 0.29) is 0 Å². The van der Waals surface area contributed by atoms with Crippen LogP contribution in [-0.4, -0.2) is 11.3 Å². The van der Waals surface area contributed by atoms with Crippen molar-refractivity contribution in [1.29, 1.82) is 0 Å². The van der Waals surface area contributed by atoms with Gasteiger partial charge in [0.1, 0.15) is 0 Å². The third-order valence-electron chi connectivity index (χ3n) is 4.00. The molecule has 100 valence electrons. The van der Waals surface area contributed by atoms with Gasteiger partial charge in [-0.1, -0.05) is 36.4 Å². The minimum atomic E-state index is -1.34. The first-order valence-corrected chi connectivity index (χ1v) is 9.02. The fourth-order valence-electron chi connectivity index (χ4n) is 3.29. The first-order chi connectivity index (χ1) is 9.10. The fourth-order valence-corrected chi connectivity index (χ4v) is 8.49. The molecule has 0 heterocycles. The first kappa shape index (κ1) is 14.3. The molecule has 2 aromatic carbocycles. The van der Waals surface area contributed by atoms with Gasteiger partial charge in [-0.15, -0.1) is 0 Å². The van der Waals surface area contributed by atoms with Crippen LogP contribution in [0.5, 0.6) is 0 Å². The third-order valence-corrected chi connectivity index (χ3v) is 9.56. The maximum absolute atomic E-state index is 2.38. The topological polar surface area (TPSA) is 0 Å². The molecule has 2 rings (SSSR count). The van der Waals surface area contributed by atoms with E-state index in [1.807, 2.05) is 0 Å². The molecule has 0 aliphatic heterocycles. The average Bonchev–Trinajstić information content (AvgIpc) is 2.41. The molecule has 0 saturated carbocycles. The van der Waals surface area contributed by atoms with Crippen molar-refractivity contribution in [2.75, 3.05) is 0 Å². The molecule has 0 unspecified atom stereocenters. The van der Waals surface area contributed by atoms with Gasteiger partial charge in [0.05, 0.1) is 29.2 Å². The van der Waals surface area contributed by atoms with Crippen LogP contribution in [-0.2, 0) is 0 Å². The molecule has 0 saturated heterocycles. The quantitative estimate of drug-likeness (QED) is 0.720. The maximum atomic E-state index is 2.38. The first-order valence-electron chi connectivity index (χ1n) is 7.09. The largest absolute Gasteiger partial charge is 0.0997 e. The minimum absolute atomic E-state index is 0.664. The molecule has 0 aromatic heterocycles. The van der Waals surface area contributed by atoms with Gasteiger partial charge in [0.2, 0.25) is 0 Å². The smallest absolute Gasteiger partial charge is 0.0620 e. The van der Waals surface area contributed by atoms with Gasteiger partial charge in [0.15, 0.2) is 0 Å². The molecule has 0 spiro atoms. The Morgan fingerprint density at radius 1 is 0.579 bits per heavy atom. The number of rotatable bonds is 4. The van der Waals surface area contributed by atoms with E-state index in [2.05, 4.69) is 88.4 Å². The second kappa shape index (κ2) is 5.88. The lowest BCUT2D eigenvalue weighted by molar-refractivity contribution is 1.00. The zero-order valence-electron chi connectivity index (χ0n) is 12.4. The van der Waals surface area contributed by atoms with Crippen molar-refractivity contribution in [1.82, 2.24) is 0 Å². The van der Waals surface area contributed by atoms with E-state index in [1.165, 1.54) is 10.6 Å². The molecule has 0 radical (unpaired) electrons. The molecular formula is C18H24P+. The molecule has 0 bridgehead atoms. The van der Waals surface area contributed by atoms with Gasteiger partial charge in [-0.2, -0.15) is 0 Å². The predicted octanol–water partition coefficient (Wildman–Crippen LogP) is 4.47. The Bertz CT molecular complexity index is 450. The summed E-state index contributed by atoms with van der Waals surface area (Å²) in [5.74, 6) is 0. The predicted molar refractivity (Wildman–Crippen MR) is 89.3 cm³/mol. The van der Waals surface area contributed by atoms with Crippen LogP contribution in [0.2, 0.25) is 0 Å². The number of hydrogen-bond acceptors (Lipinski definition) is 0. The van der Waals surface area contributed by atoms with Crippen molar-refractivity contribution < 1.29 is 0 Å². The molecule has 19 heavy (non-hydrogen) atoms. The average molecular weight is 271 g/mol. The monoisotopic (exact) mass is 271 g/mol. The Balaban J connectivity index is 2.69. The fraction of sp³-hybridized carbons (Fsp3) is 0.333. The molecule has 0 nitrogen and oxygen atoms in total. The highest BCUT2D eigenvalue weighted by atomic mass is 31.2. The highest BCUT2D eigenvalue weighted by molar-refractivity contribution is 7.90. The third kappa shape index (κ3) is 2.47. The van der Waals surface area contributed by atoms with Gasteiger partial charge in [0.25, 0.3) is 0 Å². The number of benzene rings is 2. The molecule has 0 atom stereocenters. The van der Waals surface area contributed by atoms with Crippen LogP contribution in [0.3, 0.4) is 0 Å². The van der Waals surface area contributed by atoms with Crippen molar-refractivity contribution in [2.45, 2.75) is 39.0 Å². The summed E-state index contributed by atoms with van der Waals surface area (Å²) >= 11 is 0. The number of hydrogen-bond donors (Lipinski definition) is 0. The Kier molecular flexibility index (Phi) is 4.42. The van der Waals surface area contributed by atoms with E-state index in [9.17, 15) is 0 Å². The zero-order valence-corrected chi connectivity index (χ0v) is 13.3. The van der Waals surface area contributed by atoms with E-state index in [0.717, 1.165) is 0 Å². The lowest BCUT2D eigenvalue weighted by Crippen LogP contribution is -2.34. The normalized spacial score (nSPS) is 12.1. The van der Waals surface area contributed by atoms with Crippen LogP contribution < -0.4 is 10.6 Å². The van der Waals surface area contributed by atoms with Crippen LogP contribution in [0.4, 0.5) is 0 Å². The van der Waals surface area contributed by atoms with Gasteiger partial charge >= 0.3 is 0 Å². The summed E-state index contributed by atoms with van der Waals surface area (Å²) in [7, 11) is -1.34. The SMILES string of the molecule is CC(C)[P+](c1ccccc1)(c1ccccc1)C(C)C. The van der Waals surface area contributed by atoms with Crippen LogP contribution in [0.1, 0.15) is 27.7 Å². The lowest BCUT2D eigenvalue weighted by Gasteiger charge is -2.34. The highest BCUT2D eigenvalue weighted by Crippen LogP contribution is 2.64. The summed E-state index contributed by atoms with van der Waals surface area (Å²) < 4.78 is 0. The van der Waals surface area contributed by atoms with Gasteiger partial charge in [-0.3, -0.25) is 0 Å². The highest BCUT2D eigenvalue weighted by Gasteiger charge is 2.48. The summed E-state index contributed by atoms with van der Waals surface area (Å²) in [6.07, 6.45) is 0. The van der Waals surface area contributed by atoms with E-state index in [1.54, 1.807) is 0 Å². The van der Waals surface area contributed by atoms with Crippen LogP contribution in [0.15, 0.2) is 60.7 Å². The second-order valence-electron chi connectivity index (χ2n) is 5.64. The molecule has 0 aliphatic carbocycles. The van der Waals surface area contributed by atoms with Gasteiger partial charge in [-0.25, -0.2) is 0 Å². The van der Waals surface area contributed by atoms with E-state index in [4.69, 9.17) is 0 Å². The Morgan fingerprint density at radius 3 is 1.16 bits per heavy atom. The van der Waals surface area contributed by atoms with Crippen LogP contribution >= 0.6 is 7.26 Å². The molecule has 0 amide bonds. The van der Waals surface area contributed by atoms with Crippen LogP contribution in [0, 0.1) is 0 Å². The minimum Gasteiger partial charge on any atom is -0.0620 e. The van der Waals surface area contributed by atoms with Crippen molar-refractivity contribution in [2.24, 2.45) is 0 Å². The molecule has 1 heteroatoms. The van der Waals surface area contributed by atoms with Crippen LogP contribution in [0.25, 0.3) is 0 Å². The van der Waals surface area contributed by atoms with E-state index < -0.39 is 7.26 Å². The van der Waals surface area contributed by atoms with Crippen molar-refractivity contribution in [3.63, 3.8) is 0 Å². The summed E-state index contributed by atoms with van der Waals surface area (Å²) in [5.41, 5.74) is 1.33. The summed E-state index contributed by atoms with van der Waals surface area (Å²) in [6.45, 7) is 9.53. The van der Waals surface area contributed by atoms with E-state index in [0.29, 0.717) is 11.3 Å². The summed E-state index contributed by atoms with van der Waals surface area (Å²) in [4.78, 5) is 0. The molecule has 0 aliphatic rings. The van der Waals surface area contributed by atoms with Gasteiger partial charge in [0, 0.05) is 0 Å². The van der Waals surface area contributed by atoms with Gasteiger partial charge < -0.3 is 0 Å². The maximum Gasteiger partial charge on any atom is 0.0997 e. The Morgan fingerprint density at radius 2 is 0.895 bits per heavy atom. The van der Waals surface area contributed by atoms with Crippen molar-refractivity contribution in [3.8, 4) is 0 Å². The second-order valence-corrected chi connectivity index (χ2v) is 10.3. The molecule has 2 aromatic rings. The Labute approximate surface area is 118 Å². The molecule has 0 N–H and O–H groups in total. The van der Waals surface area contributed by atoms with Gasteiger partial charge in [-0.05, 0) is 52.0 Å². The zero-order chi connectivity index (χ0) is 13.9.